The van der Waals surface area contributed by atoms with E-state index in [1.54, 1.807) is 12.1 Å². The molecule has 2 atom stereocenters. The van der Waals surface area contributed by atoms with Crippen LogP contribution in [0.2, 0.25) is 0 Å². The Morgan fingerprint density at radius 1 is 1.11 bits per heavy atom. The van der Waals surface area contributed by atoms with Crippen LogP contribution in [0.25, 0.3) is 0 Å². The second-order valence-electron chi connectivity index (χ2n) is 7.40. The highest BCUT2D eigenvalue weighted by molar-refractivity contribution is 6.08. The molecule has 0 N–H and O–H groups in total. The maximum Gasteiger partial charge on any atom is 0.295 e. The lowest BCUT2D eigenvalue weighted by atomic mass is 9.85. The maximum atomic E-state index is 13.1. The number of allylic oxidation sites excluding steroid dienone is 2. The largest absolute Gasteiger partial charge is 0.459 e. The molecule has 0 saturated carbocycles. The molecule has 0 bridgehead atoms. The summed E-state index contributed by atoms with van der Waals surface area (Å²) in [5.41, 5.74) is 2.61. The van der Waals surface area contributed by atoms with Gasteiger partial charge in [0.25, 0.3) is 5.91 Å². The van der Waals surface area contributed by atoms with E-state index < -0.39 is 0 Å². The van der Waals surface area contributed by atoms with E-state index in [1.807, 2.05) is 44.2 Å². The van der Waals surface area contributed by atoms with Crippen molar-refractivity contribution >= 4 is 23.4 Å². The topological polar surface area (TPSA) is 70.8 Å². The Morgan fingerprint density at radius 3 is 2.36 bits per heavy atom. The van der Waals surface area contributed by atoms with Crippen molar-refractivity contribution in [2.75, 3.05) is 11.6 Å². The molecular weight excluding hydrogens is 356 g/mol. The number of hydrogen-bond donors (Lipinski definition) is 0. The molecule has 1 aromatic carbocycles. The number of nitrogens with zero attached hydrogens (tertiary/aromatic N) is 2. The van der Waals surface area contributed by atoms with Gasteiger partial charge in [0.2, 0.25) is 11.8 Å². The lowest BCUT2D eigenvalue weighted by molar-refractivity contribution is -0.139. The van der Waals surface area contributed by atoms with Crippen molar-refractivity contribution in [3.05, 3.63) is 65.6 Å². The Morgan fingerprint density at radius 2 is 1.79 bits per heavy atom. The first-order valence-corrected chi connectivity index (χ1v) is 9.40. The Hall–Kier alpha value is -3.15. The van der Waals surface area contributed by atoms with E-state index >= 15 is 0 Å². The van der Waals surface area contributed by atoms with Gasteiger partial charge in [0, 0.05) is 5.69 Å². The Balaban J connectivity index is 1.69. The van der Waals surface area contributed by atoms with E-state index in [4.69, 9.17) is 4.42 Å². The van der Waals surface area contributed by atoms with Crippen LogP contribution in [0.15, 0.2) is 53.2 Å². The highest BCUT2D eigenvalue weighted by Gasteiger charge is 2.48. The number of carbonyl (C=O) groups is 3. The number of aryl methyl sites for hydroxylation is 2. The number of hydrogen-bond acceptors (Lipinski definition) is 4. The third-order valence-corrected chi connectivity index (χ3v) is 5.50. The van der Waals surface area contributed by atoms with Crippen LogP contribution < -0.4 is 4.90 Å². The van der Waals surface area contributed by atoms with Gasteiger partial charge in [0.15, 0.2) is 5.76 Å². The molecule has 3 amide bonds. The third kappa shape index (κ3) is 3.05. The predicted octanol–water partition coefficient (Wildman–Crippen LogP) is 3.45. The summed E-state index contributed by atoms with van der Waals surface area (Å²) in [4.78, 5) is 41.6. The molecule has 1 aromatic heterocycles. The number of fused-ring (bicyclic) bond motifs is 1. The Kier molecular flexibility index (Phi) is 4.63. The van der Waals surface area contributed by atoms with Crippen LogP contribution >= 0.6 is 0 Å². The average molecular weight is 378 g/mol. The van der Waals surface area contributed by atoms with Crippen molar-refractivity contribution in [1.82, 2.24) is 4.90 Å². The zero-order valence-corrected chi connectivity index (χ0v) is 15.9. The van der Waals surface area contributed by atoms with Crippen molar-refractivity contribution in [1.29, 1.82) is 0 Å². The molecule has 1 saturated heterocycles. The first-order valence-electron chi connectivity index (χ1n) is 9.40. The van der Waals surface area contributed by atoms with Crippen LogP contribution in [0.3, 0.4) is 0 Å². The molecule has 28 heavy (non-hydrogen) atoms. The Labute approximate surface area is 163 Å². The quantitative estimate of drug-likeness (QED) is 0.603. The molecule has 0 unspecified atom stereocenters. The minimum atomic E-state index is -0.384. The van der Waals surface area contributed by atoms with E-state index in [-0.39, 0.29) is 42.0 Å². The van der Waals surface area contributed by atoms with Gasteiger partial charge in [-0.25, -0.2) is 0 Å². The number of benzene rings is 1. The number of carbonyl (C=O) groups excluding carboxylic acids is 3. The molecule has 6 nitrogen and oxygen atoms in total. The number of amides is 3. The molecule has 2 aliphatic rings. The molecule has 1 aliphatic carbocycles. The van der Waals surface area contributed by atoms with Crippen LogP contribution in [0.4, 0.5) is 5.69 Å². The first kappa shape index (κ1) is 18.2. The van der Waals surface area contributed by atoms with Crippen molar-refractivity contribution < 1.29 is 18.8 Å². The van der Waals surface area contributed by atoms with E-state index in [9.17, 15) is 14.4 Å². The van der Waals surface area contributed by atoms with E-state index in [0.29, 0.717) is 18.5 Å². The van der Waals surface area contributed by atoms with Gasteiger partial charge in [-0.1, -0.05) is 29.8 Å². The molecule has 0 radical (unpaired) electrons. The predicted molar refractivity (Wildman–Crippen MR) is 104 cm³/mol. The first-order chi connectivity index (χ1) is 13.5. The standard InChI is InChI=1S/C22H22N2O4/c1-14-9-10-18(15(2)12-14)23(22(27)19-8-5-11-28-19)13-24-20(25)16-6-3-4-7-17(16)21(24)26/h3-5,8-12,16-17H,6-7,13H2,1-2H3/t16-,17-/m0/s1. The summed E-state index contributed by atoms with van der Waals surface area (Å²) in [6.45, 7) is 3.76. The van der Waals surface area contributed by atoms with Crippen LogP contribution in [-0.4, -0.2) is 29.3 Å². The summed E-state index contributed by atoms with van der Waals surface area (Å²) < 4.78 is 5.28. The highest BCUT2D eigenvalue weighted by Crippen LogP contribution is 2.36. The summed E-state index contributed by atoms with van der Waals surface area (Å²) in [5, 5.41) is 0. The van der Waals surface area contributed by atoms with E-state index in [1.165, 1.54) is 16.1 Å². The molecule has 2 aromatic rings. The fourth-order valence-electron chi connectivity index (χ4n) is 4.04. The van der Waals surface area contributed by atoms with Gasteiger partial charge in [-0.3, -0.25) is 24.2 Å². The second-order valence-corrected chi connectivity index (χ2v) is 7.40. The molecule has 1 fully saturated rings. The van der Waals surface area contributed by atoms with Crippen LogP contribution in [-0.2, 0) is 9.59 Å². The normalized spacial score (nSPS) is 21.1. The van der Waals surface area contributed by atoms with Crippen LogP contribution in [0.5, 0.6) is 0 Å². The lowest BCUT2D eigenvalue weighted by Crippen LogP contribution is -2.45. The van der Waals surface area contributed by atoms with E-state index in [2.05, 4.69) is 0 Å². The summed E-state index contributed by atoms with van der Waals surface area (Å²) in [5.74, 6) is -1.28. The van der Waals surface area contributed by atoms with Gasteiger partial charge in [-0.2, -0.15) is 0 Å². The van der Waals surface area contributed by atoms with Crippen molar-refractivity contribution in [3.63, 3.8) is 0 Å². The SMILES string of the molecule is Cc1ccc(N(CN2C(=O)[C@H]3CC=CC[C@@H]3C2=O)C(=O)c2ccco2)c(C)c1. The van der Waals surface area contributed by atoms with Gasteiger partial charge in [-0.05, 0) is 50.5 Å². The summed E-state index contributed by atoms with van der Waals surface area (Å²) in [6, 6.07) is 8.93. The zero-order valence-electron chi connectivity index (χ0n) is 15.9. The monoisotopic (exact) mass is 378 g/mol. The fourth-order valence-corrected chi connectivity index (χ4v) is 4.04. The molecule has 4 rings (SSSR count). The maximum absolute atomic E-state index is 13.1. The average Bonchev–Trinajstić information content (AvgIpc) is 3.30. The zero-order chi connectivity index (χ0) is 19.8. The lowest BCUT2D eigenvalue weighted by Gasteiger charge is -2.28. The second kappa shape index (κ2) is 7.11. The summed E-state index contributed by atoms with van der Waals surface area (Å²) >= 11 is 0. The highest BCUT2D eigenvalue weighted by atomic mass is 16.3. The number of rotatable bonds is 4. The summed E-state index contributed by atoms with van der Waals surface area (Å²) in [6.07, 6.45) is 6.47. The van der Waals surface area contributed by atoms with E-state index in [0.717, 1.165) is 11.1 Å². The molecule has 1 aliphatic heterocycles. The molecule has 6 heteroatoms. The van der Waals surface area contributed by atoms with Gasteiger partial charge in [0.1, 0.15) is 6.67 Å². The van der Waals surface area contributed by atoms with Crippen LogP contribution in [0, 0.1) is 25.7 Å². The fraction of sp³-hybridized carbons (Fsp3) is 0.318. The van der Waals surface area contributed by atoms with Gasteiger partial charge in [0.05, 0.1) is 18.1 Å². The smallest absolute Gasteiger partial charge is 0.295 e. The third-order valence-electron chi connectivity index (χ3n) is 5.50. The molecule has 144 valence electrons. The molecular formula is C22H22N2O4. The minimum absolute atomic E-state index is 0.117. The number of likely N-dealkylation sites (tertiary alicyclic amines) is 1. The molecule has 0 spiro atoms. The van der Waals surface area contributed by atoms with Gasteiger partial charge >= 0.3 is 0 Å². The number of imide groups is 1. The van der Waals surface area contributed by atoms with Crippen molar-refractivity contribution in [2.24, 2.45) is 11.8 Å². The van der Waals surface area contributed by atoms with Gasteiger partial charge < -0.3 is 4.42 Å². The molecule has 2 heterocycles. The summed E-state index contributed by atoms with van der Waals surface area (Å²) in [7, 11) is 0. The Bertz CT molecular complexity index is 935. The van der Waals surface area contributed by atoms with Gasteiger partial charge in [-0.15, -0.1) is 0 Å². The number of anilines is 1. The minimum Gasteiger partial charge on any atom is -0.459 e. The van der Waals surface area contributed by atoms with Crippen molar-refractivity contribution in [3.8, 4) is 0 Å². The van der Waals surface area contributed by atoms with Crippen molar-refractivity contribution in [2.45, 2.75) is 26.7 Å². The number of furan rings is 1. The van der Waals surface area contributed by atoms with Crippen LogP contribution in [0.1, 0.15) is 34.5 Å².